The molecule has 0 aromatic carbocycles. The Kier molecular flexibility index (Phi) is 6.02. The fourth-order valence-corrected chi connectivity index (χ4v) is 1.19. The van der Waals surface area contributed by atoms with Gasteiger partial charge in [0.25, 0.3) is 0 Å². The molecular weight excluding hydrogens is 273 g/mol. The fourth-order valence-electron chi connectivity index (χ4n) is 1.06. The average Bonchev–Trinajstić information content (AvgIpc) is 1.99. The van der Waals surface area contributed by atoms with E-state index >= 15 is 0 Å². The Morgan fingerprint density at radius 2 is 2.14 bits per heavy atom. The van der Waals surface area contributed by atoms with Crippen LogP contribution in [0.1, 0.15) is 19.4 Å². The topological polar surface area (TPSA) is 37.8 Å². The van der Waals surface area contributed by atoms with E-state index < -0.39 is 0 Å². The van der Waals surface area contributed by atoms with Gasteiger partial charge in [-0.1, -0.05) is 27.0 Å². The van der Waals surface area contributed by atoms with Crippen molar-refractivity contribution in [3.05, 3.63) is 26.9 Å². The Morgan fingerprint density at radius 1 is 1.57 bits per heavy atom. The zero-order valence-corrected chi connectivity index (χ0v) is 12.3. The molecule has 0 spiro atoms. The van der Waals surface area contributed by atoms with Gasteiger partial charge in [0.2, 0.25) is 5.69 Å². The first kappa shape index (κ1) is 14.2. The third-order valence-electron chi connectivity index (χ3n) is 1.66. The van der Waals surface area contributed by atoms with Crippen LogP contribution in [0.4, 0.5) is 0 Å². The van der Waals surface area contributed by atoms with Gasteiger partial charge in [-0.05, 0) is 10.6 Å². The maximum atomic E-state index is 11.3. The molecule has 1 heterocycles. The van der Waals surface area contributed by atoms with E-state index in [1.165, 1.54) is 4.57 Å². The van der Waals surface area contributed by atoms with E-state index in [9.17, 15) is 4.79 Å². The predicted molar refractivity (Wildman–Crippen MR) is 54.3 cm³/mol. The summed E-state index contributed by atoms with van der Waals surface area (Å²) in [5, 5.41) is 0. The summed E-state index contributed by atoms with van der Waals surface area (Å²) in [5.41, 5.74) is 0.638. The first-order valence-electron chi connectivity index (χ1n) is 4.23. The second-order valence-electron chi connectivity index (χ2n) is 3.50. The Hall–Kier alpha value is 0.204. The van der Waals surface area contributed by atoms with Crippen LogP contribution >= 0.6 is 12.2 Å². The van der Waals surface area contributed by atoms with Crippen LogP contribution < -0.4 is 5.69 Å². The van der Waals surface area contributed by atoms with E-state index in [1.54, 1.807) is 0 Å². The number of rotatable bonds is 2. The molecule has 0 unspecified atom stereocenters. The number of aromatic amines is 1. The van der Waals surface area contributed by atoms with E-state index in [4.69, 9.17) is 12.2 Å². The molecule has 3 nitrogen and oxygen atoms in total. The van der Waals surface area contributed by atoms with Gasteiger partial charge >= 0.3 is 0 Å². The summed E-state index contributed by atoms with van der Waals surface area (Å²) in [6.45, 7) is 6.62. The molecule has 14 heavy (non-hydrogen) atoms. The third-order valence-corrected chi connectivity index (χ3v) is 2.06. The average molecular weight is 286 g/mol. The summed E-state index contributed by atoms with van der Waals surface area (Å²) in [6, 6.07) is 0. The molecule has 0 atom stereocenters. The minimum atomic E-state index is -0.177. The quantitative estimate of drug-likeness (QED) is 0.663. The molecule has 0 saturated heterocycles. The zero-order valence-electron chi connectivity index (χ0n) is 8.63. The summed E-state index contributed by atoms with van der Waals surface area (Å²) >= 11 is 4.91. The standard InChI is InChI=1S/C9H13N2OS.Y/c1-6(2)4-11-5-7(3)8(13)10-9(11)12;/h6H,4H2,1-3H3,(H,10,12,13);/q-1;. The van der Waals surface area contributed by atoms with Gasteiger partial charge in [-0.3, -0.25) is 0 Å². The van der Waals surface area contributed by atoms with Gasteiger partial charge < -0.3 is 14.3 Å². The number of aromatic nitrogens is 2. The minimum Gasteiger partial charge on any atom is -0.409 e. The molecule has 0 bridgehead atoms. The van der Waals surface area contributed by atoms with Crippen LogP contribution in [0.5, 0.6) is 0 Å². The van der Waals surface area contributed by atoms with Crippen molar-refractivity contribution in [3.8, 4) is 0 Å². The van der Waals surface area contributed by atoms with Crippen molar-refractivity contribution in [1.29, 1.82) is 0 Å². The first-order valence-corrected chi connectivity index (χ1v) is 4.64. The van der Waals surface area contributed by atoms with Crippen molar-refractivity contribution in [2.75, 3.05) is 0 Å². The first-order chi connectivity index (χ1) is 6.00. The molecule has 0 saturated carbocycles. The molecule has 0 amide bonds. The number of aryl methyl sites for hydroxylation is 1. The Balaban J connectivity index is 0.00000169. The van der Waals surface area contributed by atoms with Gasteiger partial charge in [0, 0.05) is 39.3 Å². The van der Waals surface area contributed by atoms with Crippen LogP contribution in [-0.4, -0.2) is 9.55 Å². The summed E-state index contributed by atoms with van der Waals surface area (Å²) in [7, 11) is 0. The maximum Gasteiger partial charge on any atom is 0.211 e. The van der Waals surface area contributed by atoms with Crippen LogP contribution in [0.15, 0.2) is 4.79 Å². The fraction of sp³-hybridized carbons (Fsp3) is 0.556. The van der Waals surface area contributed by atoms with E-state index in [-0.39, 0.29) is 38.4 Å². The third kappa shape index (κ3) is 3.75. The van der Waals surface area contributed by atoms with Crippen molar-refractivity contribution >= 4 is 12.2 Å². The molecule has 1 aromatic heterocycles. The Labute approximate surface area is 114 Å². The van der Waals surface area contributed by atoms with Crippen LogP contribution in [-0.2, 0) is 39.3 Å². The second kappa shape index (κ2) is 5.93. The number of nitrogens with zero attached hydrogens (tertiary/aromatic N) is 1. The normalized spacial score (nSPS) is 10.0. The minimum absolute atomic E-state index is 0. The summed E-state index contributed by atoms with van der Waals surface area (Å²) < 4.78 is 2.01. The van der Waals surface area contributed by atoms with Crippen molar-refractivity contribution in [2.24, 2.45) is 5.92 Å². The molecule has 0 aliphatic heterocycles. The van der Waals surface area contributed by atoms with Crippen LogP contribution in [0, 0.1) is 23.7 Å². The molecule has 1 N–H and O–H groups in total. The largest absolute Gasteiger partial charge is 0.409 e. The van der Waals surface area contributed by atoms with Crippen LogP contribution in [0.3, 0.4) is 0 Å². The van der Waals surface area contributed by atoms with E-state index in [1.807, 2.05) is 6.92 Å². The molecule has 1 rings (SSSR count). The van der Waals surface area contributed by atoms with E-state index in [0.29, 0.717) is 17.1 Å². The maximum absolute atomic E-state index is 11.3. The molecule has 0 fully saturated rings. The number of hydrogen-bond donors (Lipinski definition) is 1. The van der Waals surface area contributed by atoms with Crippen molar-refractivity contribution < 1.29 is 32.7 Å². The SMILES string of the molecule is Cc1[c-]n(CC(C)C)c(=O)[nH]c1=S.[Y]. The molecular formula is C9H13N2OSY-. The van der Waals surface area contributed by atoms with Gasteiger partial charge in [0.05, 0.1) is 0 Å². The van der Waals surface area contributed by atoms with Crippen LogP contribution in [0.25, 0.3) is 0 Å². The van der Waals surface area contributed by atoms with E-state index in [2.05, 4.69) is 25.0 Å². The molecule has 1 radical (unpaired) electrons. The number of H-pyrrole nitrogens is 1. The number of hydrogen-bond acceptors (Lipinski definition) is 2. The smallest absolute Gasteiger partial charge is 0.211 e. The molecule has 5 heteroatoms. The van der Waals surface area contributed by atoms with Gasteiger partial charge in [-0.15, -0.1) is 17.8 Å². The van der Waals surface area contributed by atoms with Crippen molar-refractivity contribution in [3.63, 3.8) is 0 Å². The number of nitrogens with one attached hydrogen (secondary N) is 1. The molecule has 1 aromatic rings. The monoisotopic (exact) mass is 286 g/mol. The summed E-state index contributed by atoms with van der Waals surface area (Å²) in [5.74, 6) is 0.428. The van der Waals surface area contributed by atoms with Crippen LogP contribution in [0.2, 0.25) is 0 Å². The van der Waals surface area contributed by atoms with Gasteiger partial charge in [-0.25, -0.2) is 0 Å². The van der Waals surface area contributed by atoms with Gasteiger partial charge in [-0.2, -0.15) is 0 Å². The van der Waals surface area contributed by atoms with Gasteiger partial charge in [0.15, 0.2) is 0 Å². The van der Waals surface area contributed by atoms with E-state index in [0.717, 1.165) is 5.56 Å². The molecule has 0 aliphatic carbocycles. The summed E-state index contributed by atoms with van der Waals surface area (Å²) in [6.07, 6.45) is 2.94. The molecule has 0 aliphatic rings. The second-order valence-corrected chi connectivity index (χ2v) is 3.91. The van der Waals surface area contributed by atoms with Crippen molar-refractivity contribution in [2.45, 2.75) is 27.3 Å². The molecule has 75 valence electrons. The predicted octanol–water partition coefficient (Wildman–Crippen LogP) is 1.67. The zero-order chi connectivity index (χ0) is 10.0. The van der Waals surface area contributed by atoms with Gasteiger partial charge in [0.1, 0.15) is 0 Å². The summed E-state index contributed by atoms with van der Waals surface area (Å²) in [4.78, 5) is 13.9. The van der Waals surface area contributed by atoms with Crippen molar-refractivity contribution in [1.82, 2.24) is 9.55 Å². The Morgan fingerprint density at radius 3 is 2.64 bits per heavy atom. The Bertz CT molecular complexity index is 408.